The fraction of sp³-hybridized carbons (Fsp3) is 0.0645. The largest absolute Gasteiger partial charge is 0.454 e. The lowest BCUT2D eigenvalue weighted by Crippen LogP contribution is -1.95. The van der Waals surface area contributed by atoms with Crippen LogP contribution < -0.4 is 0 Å². The predicted octanol–water partition coefficient (Wildman–Crippen LogP) is 8.31. The summed E-state index contributed by atoms with van der Waals surface area (Å²) in [7, 11) is 0. The van der Waals surface area contributed by atoms with Crippen LogP contribution in [0.2, 0.25) is 0 Å². The van der Waals surface area contributed by atoms with Gasteiger partial charge in [0, 0.05) is 27.7 Å². The average molecular weight is 439 g/mol. The van der Waals surface area contributed by atoms with E-state index in [4.69, 9.17) is 9.40 Å². The summed E-state index contributed by atoms with van der Waals surface area (Å²) in [6.07, 6.45) is 2.88. The summed E-state index contributed by atoms with van der Waals surface area (Å²) in [6, 6.07) is 34.2. The quantitative estimate of drug-likeness (QED) is 0.278. The van der Waals surface area contributed by atoms with Crippen molar-refractivity contribution in [3.05, 3.63) is 109 Å². The van der Waals surface area contributed by atoms with Crippen molar-refractivity contribution >= 4 is 43.9 Å². The van der Waals surface area contributed by atoms with Gasteiger partial charge in [0.1, 0.15) is 11.2 Å². The Bertz CT molecular complexity index is 1800. The van der Waals surface area contributed by atoms with Crippen LogP contribution in [0.25, 0.3) is 60.7 Å². The zero-order valence-corrected chi connectivity index (χ0v) is 18.8. The zero-order chi connectivity index (χ0) is 22.6. The van der Waals surface area contributed by atoms with Crippen LogP contribution in [0.1, 0.15) is 12.5 Å². The van der Waals surface area contributed by atoms with E-state index in [1.165, 1.54) is 22.1 Å². The van der Waals surface area contributed by atoms with Gasteiger partial charge in [0.15, 0.2) is 5.58 Å². The first-order chi connectivity index (χ1) is 16.8. The van der Waals surface area contributed by atoms with Gasteiger partial charge in [0.2, 0.25) is 0 Å². The molecule has 0 saturated carbocycles. The number of fused-ring (bicyclic) bond motifs is 6. The number of para-hydroxylation sites is 2. The second-order valence-electron chi connectivity index (χ2n) is 8.75. The van der Waals surface area contributed by atoms with Gasteiger partial charge in [-0.15, -0.1) is 0 Å². The Balaban J connectivity index is 1.50. The highest BCUT2D eigenvalue weighted by Gasteiger charge is 2.18. The average Bonchev–Trinajstić information content (AvgIpc) is 3.44. The van der Waals surface area contributed by atoms with Gasteiger partial charge in [0.05, 0.1) is 11.2 Å². The van der Waals surface area contributed by atoms with Gasteiger partial charge in [0.25, 0.3) is 0 Å². The lowest BCUT2D eigenvalue weighted by atomic mass is 10.0. The Morgan fingerprint density at radius 3 is 2.47 bits per heavy atom. The summed E-state index contributed by atoms with van der Waals surface area (Å²) in [6.45, 7) is 2.19. The number of nitrogens with zero attached hydrogens (tertiary/aromatic N) is 2. The third-order valence-corrected chi connectivity index (χ3v) is 6.82. The minimum atomic E-state index is 0.880. The smallest absolute Gasteiger partial charge is 0.159 e. The van der Waals surface area contributed by atoms with Gasteiger partial charge in [-0.25, -0.2) is 4.98 Å². The van der Waals surface area contributed by atoms with Crippen molar-refractivity contribution in [2.45, 2.75) is 13.3 Å². The van der Waals surface area contributed by atoms with E-state index >= 15 is 0 Å². The number of benzene rings is 4. The molecule has 0 atom stereocenters. The Morgan fingerprint density at radius 1 is 0.706 bits per heavy atom. The van der Waals surface area contributed by atoms with Crippen LogP contribution >= 0.6 is 0 Å². The Kier molecular flexibility index (Phi) is 4.12. The maximum Gasteiger partial charge on any atom is 0.159 e. The van der Waals surface area contributed by atoms with Crippen molar-refractivity contribution in [2.75, 3.05) is 0 Å². The molecule has 0 N–H and O–H groups in total. The van der Waals surface area contributed by atoms with Crippen molar-refractivity contribution in [2.24, 2.45) is 0 Å². The second kappa shape index (κ2) is 7.32. The summed E-state index contributed by atoms with van der Waals surface area (Å²) in [4.78, 5) is 4.75. The molecule has 3 nitrogen and oxygen atoms in total. The zero-order valence-electron chi connectivity index (χ0n) is 18.8. The molecule has 0 bridgehead atoms. The summed E-state index contributed by atoms with van der Waals surface area (Å²) in [5, 5.41) is 4.57. The highest BCUT2D eigenvalue weighted by molar-refractivity contribution is 6.12. The highest BCUT2D eigenvalue weighted by atomic mass is 16.3. The molecule has 0 radical (unpaired) electrons. The fourth-order valence-corrected chi connectivity index (χ4v) is 5.15. The molecule has 0 saturated heterocycles. The molecule has 3 heterocycles. The molecule has 0 aliphatic carbocycles. The van der Waals surface area contributed by atoms with Crippen LogP contribution in [0.15, 0.2) is 108 Å². The van der Waals surface area contributed by atoms with Gasteiger partial charge in [-0.1, -0.05) is 67.6 Å². The van der Waals surface area contributed by atoms with Crippen LogP contribution in [0.5, 0.6) is 0 Å². The lowest BCUT2D eigenvalue weighted by Gasteiger charge is -2.07. The molecule has 4 aromatic carbocycles. The number of hydrogen-bond acceptors (Lipinski definition) is 2. The van der Waals surface area contributed by atoms with Crippen LogP contribution in [-0.2, 0) is 6.42 Å². The molecule has 0 aliphatic heterocycles. The molecule has 0 fully saturated rings. The minimum absolute atomic E-state index is 0.880. The second-order valence-corrected chi connectivity index (χ2v) is 8.75. The maximum atomic E-state index is 6.58. The number of rotatable bonds is 3. The molecule has 0 aliphatic rings. The van der Waals surface area contributed by atoms with E-state index in [-0.39, 0.29) is 0 Å². The molecule has 3 heteroatoms. The number of pyridine rings is 1. The first-order valence-electron chi connectivity index (χ1n) is 11.7. The summed E-state index contributed by atoms with van der Waals surface area (Å²) in [5.74, 6) is 0. The third kappa shape index (κ3) is 2.74. The van der Waals surface area contributed by atoms with Crippen molar-refractivity contribution < 1.29 is 4.42 Å². The summed E-state index contributed by atoms with van der Waals surface area (Å²) >= 11 is 0. The predicted molar refractivity (Wildman–Crippen MR) is 141 cm³/mol. The first kappa shape index (κ1) is 19.1. The highest BCUT2D eigenvalue weighted by Crippen LogP contribution is 2.38. The van der Waals surface area contributed by atoms with Gasteiger partial charge in [-0.3, -0.25) is 4.57 Å². The molecule has 3 aromatic heterocycles. The number of hydrogen-bond donors (Lipinski definition) is 0. The number of aryl methyl sites for hydroxylation is 1. The van der Waals surface area contributed by atoms with Crippen LogP contribution in [-0.4, -0.2) is 9.55 Å². The number of furan rings is 1. The Labute approximate surface area is 196 Å². The van der Waals surface area contributed by atoms with E-state index in [0.717, 1.165) is 50.6 Å². The lowest BCUT2D eigenvalue weighted by molar-refractivity contribution is 0.666. The minimum Gasteiger partial charge on any atom is -0.454 e. The van der Waals surface area contributed by atoms with Gasteiger partial charge in [-0.2, -0.15) is 0 Å². The molecular formula is C31H22N2O. The maximum absolute atomic E-state index is 6.58. The van der Waals surface area contributed by atoms with E-state index in [0.29, 0.717) is 0 Å². The molecule has 7 rings (SSSR count). The molecule has 162 valence electrons. The normalized spacial score (nSPS) is 11.8. The summed E-state index contributed by atoms with van der Waals surface area (Å²) in [5.41, 5.74) is 8.57. The molecule has 34 heavy (non-hydrogen) atoms. The van der Waals surface area contributed by atoms with Crippen molar-refractivity contribution in [1.82, 2.24) is 9.55 Å². The Hall–Kier alpha value is -4.37. The summed E-state index contributed by atoms with van der Waals surface area (Å²) < 4.78 is 8.80. The van der Waals surface area contributed by atoms with E-state index in [2.05, 4.69) is 102 Å². The van der Waals surface area contributed by atoms with Crippen LogP contribution in [0, 0.1) is 0 Å². The van der Waals surface area contributed by atoms with Gasteiger partial charge < -0.3 is 4.42 Å². The third-order valence-electron chi connectivity index (χ3n) is 6.82. The molecular weight excluding hydrogens is 416 g/mol. The van der Waals surface area contributed by atoms with Crippen molar-refractivity contribution in [3.63, 3.8) is 0 Å². The fourth-order valence-electron chi connectivity index (χ4n) is 5.15. The molecule has 0 unspecified atom stereocenters. The topological polar surface area (TPSA) is 31.0 Å². The van der Waals surface area contributed by atoms with E-state index in [9.17, 15) is 0 Å². The SMILES string of the molecule is CCc1cccc(-c2ccc3c(c2)oc2c(-n4c5ccccc5c5cccnc54)cccc23)c1. The molecule has 0 amide bonds. The first-order valence-corrected chi connectivity index (χ1v) is 11.7. The van der Waals surface area contributed by atoms with E-state index < -0.39 is 0 Å². The van der Waals surface area contributed by atoms with Crippen molar-refractivity contribution in [1.29, 1.82) is 0 Å². The van der Waals surface area contributed by atoms with Gasteiger partial charge >= 0.3 is 0 Å². The monoisotopic (exact) mass is 438 g/mol. The van der Waals surface area contributed by atoms with Crippen molar-refractivity contribution in [3.8, 4) is 16.8 Å². The number of aromatic nitrogens is 2. The van der Waals surface area contributed by atoms with E-state index in [1.54, 1.807) is 0 Å². The standard InChI is InChI=1S/C31H22N2O/c1-2-20-8-5-9-21(18-20)22-15-16-24-25-11-6-14-28(30(25)34-29(24)19-22)33-27-13-4-3-10-23(27)26-12-7-17-32-31(26)33/h3-19H,2H2,1H3. The van der Waals surface area contributed by atoms with Gasteiger partial charge in [-0.05, 0) is 59.5 Å². The van der Waals surface area contributed by atoms with Crippen LogP contribution in [0.3, 0.4) is 0 Å². The molecule has 0 spiro atoms. The van der Waals surface area contributed by atoms with E-state index in [1.807, 2.05) is 12.3 Å². The van der Waals surface area contributed by atoms with Crippen LogP contribution in [0.4, 0.5) is 0 Å². The molecule has 7 aromatic rings. The Morgan fingerprint density at radius 2 is 1.53 bits per heavy atom.